The second-order valence-electron chi connectivity index (χ2n) is 2.17. The molecule has 0 aliphatic carbocycles. The Labute approximate surface area is 61.1 Å². The second-order valence-corrected chi connectivity index (χ2v) is 2.17. The number of hydrogen-bond acceptors (Lipinski definition) is 2. The van der Waals surface area contributed by atoms with E-state index in [1.807, 2.05) is 24.3 Å². The van der Waals surface area contributed by atoms with Crippen molar-refractivity contribution in [1.82, 2.24) is 5.32 Å². The predicted octanol–water partition coefficient (Wildman–Crippen LogP) is 1.15. The molecule has 2 heteroatoms. The van der Waals surface area contributed by atoms with Crippen LogP contribution in [0, 0.1) is 7.05 Å². The largest absolute Gasteiger partial charge is 0.399 e. The fourth-order valence-corrected chi connectivity index (χ4v) is 0.780. The molecule has 3 N–H and O–H groups in total. The minimum atomic E-state index is 0.792. The number of rotatable bonds is 2. The van der Waals surface area contributed by atoms with Crippen molar-refractivity contribution < 1.29 is 0 Å². The maximum Gasteiger partial charge on any atom is 0.0314 e. The number of benzene rings is 1. The van der Waals surface area contributed by atoms with Gasteiger partial charge in [-0.3, -0.25) is 0 Å². The molecule has 0 fully saturated rings. The minimum Gasteiger partial charge on any atom is -0.399 e. The van der Waals surface area contributed by atoms with Crippen LogP contribution in [0.5, 0.6) is 0 Å². The number of anilines is 1. The van der Waals surface area contributed by atoms with Gasteiger partial charge in [0.15, 0.2) is 0 Å². The molecule has 0 unspecified atom stereocenters. The highest BCUT2D eigenvalue weighted by molar-refractivity contribution is 5.39. The third-order valence-electron chi connectivity index (χ3n) is 1.31. The molecule has 0 saturated heterocycles. The molecule has 10 heavy (non-hydrogen) atoms. The zero-order valence-corrected chi connectivity index (χ0v) is 5.80. The van der Waals surface area contributed by atoms with Gasteiger partial charge in [-0.25, -0.2) is 0 Å². The summed E-state index contributed by atoms with van der Waals surface area (Å²) >= 11 is 0. The zero-order valence-electron chi connectivity index (χ0n) is 5.80. The van der Waals surface area contributed by atoms with Crippen molar-refractivity contribution in [3.8, 4) is 0 Å². The van der Waals surface area contributed by atoms with E-state index in [2.05, 4.69) is 12.4 Å². The molecular weight excluding hydrogens is 124 g/mol. The summed E-state index contributed by atoms with van der Waals surface area (Å²) in [7, 11) is 3.52. The molecular formula is C8H11N2. The molecule has 1 aromatic rings. The molecule has 1 radical (unpaired) electrons. The van der Waals surface area contributed by atoms with Gasteiger partial charge in [0.2, 0.25) is 0 Å². The number of nitrogens with two attached hydrogens (primary N) is 1. The molecule has 0 amide bonds. The molecule has 0 aliphatic heterocycles. The van der Waals surface area contributed by atoms with E-state index in [0.717, 1.165) is 12.2 Å². The van der Waals surface area contributed by atoms with Crippen molar-refractivity contribution in [2.75, 3.05) is 5.73 Å². The van der Waals surface area contributed by atoms with E-state index in [0.29, 0.717) is 0 Å². The quantitative estimate of drug-likeness (QED) is 0.597. The molecule has 1 aromatic carbocycles. The predicted molar refractivity (Wildman–Crippen MR) is 43.1 cm³/mol. The third-order valence-corrected chi connectivity index (χ3v) is 1.31. The normalized spacial score (nSPS) is 9.70. The van der Waals surface area contributed by atoms with Crippen LogP contribution in [0.3, 0.4) is 0 Å². The topological polar surface area (TPSA) is 38.0 Å². The Morgan fingerprint density at radius 2 is 1.90 bits per heavy atom. The molecule has 53 valence electrons. The Kier molecular flexibility index (Phi) is 2.29. The molecule has 0 aromatic heterocycles. The van der Waals surface area contributed by atoms with Gasteiger partial charge in [-0.2, -0.15) is 0 Å². The van der Waals surface area contributed by atoms with E-state index >= 15 is 0 Å². The van der Waals surface area contributed by atoms with Crippen LogP contribution in [-0.2, 0) is 6.54 Å². The Morgan fingerprint density at radius 3 is 2.40 bits per heavy atom. The number of hydrogen-bond donors (Lipinski definition) is 2. The Hall–Kier alpha value is -1.02. The first-order chi connectivity index (χ1) is 4.83. The summed E-state index contributed by atoms with van der Waals surface area (Å²) in [5.74, 6) is 0. The number of nitrogen functional groups attached to an aromatic ring is 1. The van der Waals surface area contributed by atoms with Gasteiger partial charge in [0.1, 0.15) is 0 Å². The Morgan fingerprint density at radius 1 is 1.30 bits per heavy atom. The van der Waals surface area contributed by atoms with Gasteiger partial charge in [0.05, 0.1) is 0 Å². The lowest BCUT2D eigenvalue weighted by Crippen LogP contribution is -2.01. The summed E-state index contributed by atoms with van der Waals surface area (Å²) in [5, 5.41) is 2.81. The fraction of sp³-hybridized carbons (Fsp3) is 0.125. The van der Waals surface area contributed by atoms with Crippen LogP contribution in [0.4, 0.5) is 5.69 Å². The van der Waals surface area contributed by atoms with Gasteiger partial charge in [-0.15, -0.1) is 0 Å². The van der Waals surface area contributed by atoms with Crippen molar-refractivity contribution in [3.63, 3.8) is 0 Å². The lowest BCUT2D eigenvalue weighted by Gasteiger charge is -1.98. The average Bonchev–Trinajstić information content (AvgIpc) is 1.95. The first-order valence-corrected chi connectivity index (χ1v) is 3.17. The lowest BCUT2D eigenvalue weighted by atomic mass is 10.2. The number of nitrogens with one attached hydrogen (secondary N) is 1. The Balaban J connectivity index is 2.69. The van der Waals surface area contributed by atoms with Gasteiger partial charge >= 0.3 is 0 Å². The van der Waals surface area contributed by atoms with Gasteiger partial charge in [-0.05, 0) is 17.7 Å². The maximum atomic E-state index is 5.49. The maximum absolute atomic E-state index is 5.49. The Bertz CT molecular complexity index is 191. The average molecular weight is 135 g/mol. The summed E-state index contributed by atoms with van der Waals surface area (Å²) in [4.78, 5) is 0. The van der Waals surface area contributed by atoms with Crippen LogP contribution >= 0.6 is 0 Å². The SMILES string of the molecule is [CH2]NCc1ccc(N)cc1. The molecule has 1 rings (SSSR count). The van der Waals surface area contributed by atoms with E-state index in [-0.39, 0.29) is 0 Å². The van der Waals surface area contributed by atoms with Crippen LogP contribution in [0.15, 0.2) is 24.3 Å². The van der Waals surface area contributed by atoms with E-state index in [9.17, 15) is 0 Å². The first-order valence-electron chi connectivity index (χ1n) is 3.17. The molecule has 0 atom stereocenters. The van der Waals surface area contributed by atoms with Crippen molar-refractivity contribution in [1.29, 1.82) is 0 Å². The summed E-state index contributed by atoms with van der Waals surface area (Å²) in [5.41, 5.74) is 7.48. The molecule has 0 aliphatic rings. The highest BCUT2D eigenvalue weighted by Gasteiger charge is 1.87. The van der Waals surface area contributed by atoms with E-state index in [1.165, 1.54) is 5.56 Å². The zero-order chi connectivity index (χ0) is 7.40. The lowest BCUT2D eigenvalue weighted by molar-refractivity contribution is 0.866. The van der Waals surface area contributed by atoms with Gasteiger partial charge in [-0.1, -0.05) is 12.1 Å². The molecule has 2 nitrogen and oxygen atoms in total. The van der Waals surface area contributed by atoms with Crippen LogP contribution in [0.25, 0.3) is 0 Å². The minimum absolute atomic E-state index is 0.792. The van der Waals surface area contributed by atoms with Crippen molar-refractivity contribution in [2.45, 2.75) is 6.54 Å². The summed E-state index contributed by atoms with van der Waals surface area (Å²) in [6.45, 7) is 0.792. The molecule has 0 bridgehead atoms. The van der Waals surface area contributed by atoms with Gasteiger partial charge < -0.3 is 11.1 Å². The van der Waals surface area contributed by atoms with Crippen molar-refractivity contribution >= 4 is 5.69 Å². The summed E-state index contributed by atoms with van der Waals surface area (Å²) in [6.07, 6.45) is 0. The van der Waals surface area contributed by atoms with E-state index in [1.54, 1.807) is 0 Å². The van der Waals surface area contributed by atoms with E-state index < -0.39 is 0 Å². The van der Waals surface area contributed by atoms with Gasteiger partial charge in [0.25, 0.3) is 0 Å². The van der Waals surface area contributed by atoms with E-state index in [4.69, 9.17) is 5.73 Å². The summed E-state index contributed by atoms with van der Waals surface area (Å²) in [6, 6.07) is 7.72. The van der Waals surface area contributed by atoms with Gasteiger partial charge in [0, 0.05) is 19.3 Å². The second kappa shape index (κ2) is 3.22. The molecule has 0 heterocycles. The highest BCUT2D eigenvalue weighted by atomic mass is 14.8. The van der Waals surface area contributed by atoms with Crippen molar-refractivity contribution in [2.24, 2.45) is 0 Å². The summed E-state index contributed by atoms with van der Waals surface area (Å²) < 4.78 is 0. The molecule has 0 saturated carbocycles. The van der Waals surface area contributed by atoms with Crippen LogP contribution in [0.1, 0.15) is 5.56 Å². The highest BCUT2D eigenvalue weighted by Crippen LogP contribution is 2.04. The smallest absolute Gasteiger partial charge is 0.0314 e. The standard InChI is InChI=1S/C8H11N2/c1-10-6-7-2-4-8(9)5-3-7/h2-5,10H,1,6,9H2. The van der Waals surface area contributed by atoms with Crippen molar-refractivity contribution in [3.05, 3.63) is 36.9 Å². The van der Waals surface area contributed by atoms with Crippen LogP contribution in [-0.4, -0.2) is 0 Å². The van der Waals surface area contributed by atoms with Crippen LogP contribution < -0.4 is 11.1 Å². The third kappa shape index (κ3) is 1.74. The fourth-order valence-electron chi connectivity index (χ4n) is 0.780. The monoisotopic (exact) mass is 135 g/mol. The van der Waals surface area contributed by atoms with Crippen LogP contribution in [0.2, 0.25) is 0 Å². The first kappa shape index (κ1) is 7.09. The molecule has 0 spiro atoms.